The van der Waals surface area contributed by atoms with Gasteiger partial charge in [0.2, 0.25) is 0 Å². The molecule has 1 aliphatic heterocycles. The third-order valence-electron chi connectivity index (χ3n) is 3.59. The standard InChI is InChI=1S/C15H19FN2O3/c1-11-8-12(10-13(16)9-11)15(21)18-6-4-17(5-7-18)3-2-14(19)20/h8-10H,2-7H2,1H3,(H,19,20). The predicted octanol–water partition coefficient (Wildman–Crippen LogP) is 1.37. The Kier molecular flexibility index (Phi) is 4.90. The Labute approximate surface area is 123 Å². The zero-order chi connectivity index (χ0) is 15.4. The third kappa shape index (κ3) is 4.26. The lowest BCUT2D eigenvalue weighted by molar-refractivity contribution is -0.137. The fourth-order valence-corrected chi connectivity index (χ4v) is 2.47. The molecule has 0 aliphatic carbocycles. The van der Waals surface area contributed by atoms with E-state index in [-0.39, 0.29) is 12.3 Å². The first-order valence-electron chi connectivity index (χ1n) is 6.96. The summed E-state index contributed by atoms with van der Waals surface area (Å²) in [6.45, 7) is 4.61. The molecule has 1 aromatic carbocycles. The van der Waals surface area contributed by atoms with Crippen LogP contribution in [-0.2, 0) is 4.79 Å². The molecular weight excluding hydrogens is 275 g/mol. The second kappa shape index (κ2) is 6.67. The zero-order valence-corrected chi connectivity index (χ0v) is 12.0. The lowest BCUT2D eigenvalue weighted by atomic mass is 10.1. The van der Waals surface area contributed by atoms with Crippen LogP contribution in [0, 0.1) is 12.7 Å². The van der Waals surface area contributed by atoms with Crippen molar-refractivity contribution in [2.75, 3.05) is 32.7 Å². The Bertz CT molecular complexity index is 519. The van der Waals surface area contributed by atoms with Gasteiger partial charge in [-0.1, -0.05) is 0 Å². The van der Waals surface area contributed by atoms with E-state index >= 15 is 0 Å². The number of rotatable bonds is 4. The zero-order valence-electron chi connectivity index (χ0n) is 12.0. The molecular formula is C15H19FN2O3. The molecule has 0 spiro atoms. The number of piperazine rings is 1. The van der Waals surface area contributed by atoms with E-state index in [0.29, 0.717) is 38.3 Å². The topological polar surface area (TPSA) is 60.9 Å². The van der Waals surface area contributed by atoms with Crippen molar-refractivity contribution in [2.45, 2.75) is 13.3 Å². The molecule has 1 aromatic rings. The van der Waals surface area contributed by atoms with Crippen molar-refractivity contribution >= 4 is 11.9 Å². The summed E-state index contributed by atoms with van der Waals surface area (Å²) in [5.41, 5.74) is 1.09. The number of aryl methyl sites for hydroxylation is 1. The van der Waals surface area contributed by atoms with Crippen LogP contribution in [-0.4, -0.2) is 59.5 Å². The molecule has 0 unspecified atom stereocenters. The van der Waals surface area contributed by atoms with Crippen molar-refractivity contribution in [1.82, 2.24) is 9.80 Å². The Morgan fingerprint density at radius 2 is 1.86 bits per heavy atom. The van der Waals surface area contributed by atoms with Crippen LogP contribution in [0.3, 0.4) is 0 Å². The van der Waals surface area contributed by atoms with E-state index < -0.39 is 11.8 Å². The third-order valence-corrected chi connectivity index (χ3v) is 3.59. The summed E-state index contributed by atoms with van der Waals surface area (Å²) in [6.07, 6.45) is 0.108. The van der Waals surface area contributed by atoms with E-state index in [1.807, 2.05) is 4.90 Å². The SMILES string of the molecule is Cc1cc(F)cc(C(=O)N2CCN(CCC(=O)O)CC2)c1. The summed E-state index contributed by atoms with van der Waals surface area (Å²) in [6, 6.07) is 4.33. The van der Waals surface area contributed by atoms with Crippen molar-refractivity contribution < 1.29 is 19.1 Å². The number of benzene rings is 1. The number of amides is 1. The molecule has 1 aliphatic rings. The van der Waals surface area contributed by atoms with Crippen LogP contribution >= 0.6 is 0 Å². The molecule has 0 bridgehead atoms. The highest BCUT2D eigenvalue weighted by Gasteiger charge is 2.22. The molecule has 21 heavy (non-hydrogen) atoms. The number of carboxylic acids is 1. The summed E-state index contributed by atoms with van der Waals surface area (Å²) < 4.78 is 13.4. The molecule has 0 atom stereocenters. The molecule has 114 valence electrons. The van der Waals surface area contributed by atoms with E-state index in [2.05, 4.69) is 0 Å². The highest BCUT2D eigenvalue weighted by atomic mass is 19.1. The smallest absolute Gasteiger partial charge is 0.304 e. The highest BCUT2D eigenvalue weighted by molar-refractivity contribution is 5.94. The largest absolute Gasteiger partial charge is 0.481 e. The van der Waals surface area contributed by atoms with E-state index in [1.165, 1.54) is 12.1 Å². The summed E-state index contributed by atoms with van der Waals surface area (Å²) in [7, 11) is 0. The second-order valence-corrected chi connectivity index (χ2v) is 5.29. The summed E-state index contributed by atoms with van der Waals surface area (Å²) >= 11 is 0. The molecule has 2 rings (SSSR count). The second-order valence-electron chi connectivity index (χ2n) is 5.29. The van der Waals surface area contributed by atoms with E-state index in [1.54, 1.807) is 17.9 Å². The Hall–Kier alpha value is -1.95. The van der Waals surface area contributed by atoms with Gasteiger partial charge in [-0.2, -0.15) is 0 Å². The number of halogens is 1. The molecule has 0 radical (unpaired) electrons. The van der Waals surface area contributed by atoms with E-state index in [9.17, 15) is 14.0 Å². The first-order valence-corrected chi connectivity index (χ1v) is 6.96. The van der Waals surface area contributed by atoms with Crippen molar-refractivity contribution in [1.29, 1.82) is 0 Å². The van der Waals surface area contributed by atoms with Gasteiger partial charge in [0.1, 0.15) is 5.82 Å². The van der Waals surface area contributed by atoms with Gasteiger partial charge in [-0.15, -0.1) is 0 Å². The molecule has 6 heteroatoms. The van der Waals surface area contributed by atoms with Crippen LogP contribution in [0.5, 0.6) is 0 Å². The monoisotopic (exact) mass is 294 g/mol. The first-order chi connectivity index (χ1) is 9.95. The van der Waals surface area contributed by atoms with Gasteiger partial charge in [0.25, 0.3) is 5.91 Å². The van der Waals surface area contributed by atoms with Gasteiger partial charge in [-0.3, -0.25) is 14.5 Å². The molecule has 1 N–H and O–H groups in total. The summed E-state index contributed by atoms with van der Waals surface area (Å²) in [5, 5.41) is 8.66. The number of carboxylic acid groups (broad SMARTS) is 1. The average Bonchev–Trinajstić information content (AvgIpc) is 2.44. The molecule has 1 fully saturated rings. The van der Waals surface area contributed by atoms with Crippen molar-refractivity contribution in [3.8, 4) is 0 Å². The van der Waals surface area contributed by atoms with Crippen LogP contribution in [0.2, 0.25) is 0 Å². The maximum atomic E-state index is 13.4. The number of hydrogen-bond acceptors (Lipinski definition) is 3. The molecule has 1 amide bonds. The predicted molar refractivity (Wildman–Crippen MR) is 75.7 cm³/mol. The molecule has 1 saturated heterocycles. The Morgan fingerprint density at radius 3 is 2.43 bits per heavy atom. The summed E-state index contributed by atoms with van der Waals surface area (Å²) in [5.74, 6) is -1.39. The van der Waals surface area contributed by atoms with Gasteiger partial charge < -0.3 is 10.0 Å². The number of aliphatic carboxylic acids is 1. The fourth-order valence-electron chi connectivity index (χ4n) is 2.47. The van der Waals surface area contributed by atoms with Gasteiger partial charge in [0, 0.05) is 38.3 Å². The normalized spacial score (nSPS) is 16.0. The molecule has 0 aromatic heterocycles. The lowest BCUT2D eigenvalue weighted by Gasteiger charge is -2.34. The van der Waals surface area contributed by atoms with Crippen molar-refractivity contribution in [3.63, 3.8) is 0 Å². The van der Waals surface area contributed by atoms with Gasteiger partial charge in [0.05, 0.1) is 6.42 Å². The molecule has 1 heterocycles. The number of nitrogens with zero attached hydrogens (tertiary/aromatic N) is 2. The van der Waals surface area contributed by atoms with E-state index in [4.69, 9.17) is 5.11 Å². The van der Waals surface area contributed by atoms with Crippen LogP contribution in [0.4, 0.5) is 4.39 Å². The first kappa shape index (κ1) is 15.4. The van der Waals surface area contributed by atoms with Gasteiger partial charge in [-0.25, -0.2) is 4.39 Å². The van der Waals surface area contributed by atoms with Crippen LogP contribution in [0.25, 0.3) is 0 Å². The minimum absolute atomic E-state index is 0.108. The Morgan fingerprint density at radius 1 is 1.19 bits per heavy atom. The maximum absolute atomic E-state index is 13.4. The average molecular weight is 294 g/mol. The minimum Gasteiger partial charge on any atom is -0.481 e. The van der Waals surface area contributed by atoms with Crippen LogP contribution < -0.4 is 0 Å². The van der Waals surface area contributed by atoms with Gasteiger partial charge >= 0.3 is 5.97 Å². The van der Waals surface area contributed by atoms with E-state index in [0.717, 1.165) is 5.56 Å². The van der Waals surface area contributed by atoms with Gasteiger partial charge in [0.15, 0.2) is 0 Å². The van der Waals surface area contributed by atoms with Crippen molar-refractivity contribution in [3.05, 3.63) is 35.1 Å². The Balaban J connectivity index is 1.92. The van der Waals surface area contributed by atoms with Gasteiger partial charge in [-0.05, 0) is 30.7 Å². The number of carbonyl (C=O) groups is 2. The van der Waals surface area contributed by atoms with Crippen LogP contribution in [0.1, 0.15) is 22.3 Å². The van der Waals surface area contributed by atoms with Crippen molar-refractivity contribution in [2.24, 2.45) is 0 Å². The molecule has 5 nitrogen and oxygen atoms in total. The number of carbonyl (C=O) groups excluding carboxylic acids is 1. The summed E-state index contributed by atoms with van der Waals surface area (Å²) in [4.78, 5) is 26.6. The molecule has 0 saturated carbocycles. The number of hydrogen-bond donors (Lipinski definition) is 1. The minimum atomic E-state index is -0.816. The maximum Gasteiger partial charge on any atom is 0.304 e. The fraction of sp³-hybridized carbons (Fsp3) is 0.467. The lowest BCUT2D eigenvalue weighted by Crippen LogP contribution is -2.49. The quantitative estimate of drug-likeness (QED) is 0.911. The van der Waals surface area contributed by atoms with Crippen LogP contribution in [0.15, 0.2) is 18.2 Å². The highest BCUT2D eigenvalue weighted by Crippen LogP contribution is 2.13.